The Kier molecular flexibility index (Phi) is 7.96. The summed E-state index contributed by atoms with van der Waals surface area (Å²) in [7, 11) is 4.10. The molecule has 3 heteroatoms. The van der Waals surface area contributed by atoms with Crippen LogP contribution in [-0.2, 0) is 5.60 Å². The van der Waals surface area contributed by atoms with Gasteiger partial charge in [0.05, 0.1) is 0 Å². The van der Waals surface area contributed by atoms with E-state index in [1.54, 1.807) is 0 Å². The number of benzene rings is 1. The predicted molar refractivity (Wildman–Crippen MR) is 95.1 cm³/mol. The highest BCUT2D eigenvalue weighted by Gasteiger charge is 2.37. The van der Waals surface area contributed by atoms with Gasteiger partial charge in [-0.3, -0.25) is 0 Å². The summed E-state index contributed by atoms with van der Waals surface area (Å²) in [4.78, 5) is 2.12. The Morgan fingerprint density at radius 2 is 1.77 bits per heavy atom. The third-order valence-corrected chi connectivity index (χ3v) is 4.37. The fourth-order valence-corrected chi connectivity index (χ4v) is 3.10. The maximum Gasteiger partial charge on any atom is 0.153 e. The average molecular weight is 322 g/mol. The van der Waals surface area contributed by atoms with Crippen LogP contribution in [0.2, 0.25) is 0 Å². The van der Waals surface area contributed by atoms with E-state index in [1.165, 1.54) is 19.3 Å². The molecule has 2 rings (SSSR count). The second kappa shape index (κ2) is 9.20. The van der Waals surface area contributed by atoms with Crippen molar-refractivity contribution in [2.45, 2.75) is 44.1 Å². The fourth-order valence-electron chi connectivity index (χ4n) is 3.10. The van der Waals surface area contributed by atoms with Crippen LogP contribution >= 0.6 is 12.4 Å². The Morgan fingerprint density at radius 3 is 2.36 bits per heavy atom. The molecule has 1 saturated carbocycles. The molecule has 0 saturated heterocycles. The van der Waals surface area contributed by atoms with Crippen LogP contribution in [0.4, 0.5) is 0 Å². The van der Waals surface area contributed by atoms with Gasteiger partial charge < -0.3 is 10.0 Å². The minimum absolute atomic E-state index is 0. The first kappa shape index (κ1) is 19.0. The molecule has 2 nitrogen and oxygen atoms in total. The zero-order valence-corrected chi connectivity index (χ0v) is 14.5. The van der Waals surface area contributed by atoms with Crippen molar-refractivity contribution in [1.82, 2.24) is 4.90 Å². The van der Waals surface area contributed by atoms with E-state index in [1.807, 2.05) is 44.4 Å². The zero-order valence-electron chi connectivity index (χ0n) is 13.7. The molecule has 1 N–H and O–H groups in total. The van der Waals surface area contributed by atoms with Gasteiger partial charge in [-0.05, 0) is 32.5 Å². The van der Waals surface area contributed by atoms with Gasteiger partial charge in [-0.25, -0.2) is 0 Å². The van der Waals surface area contributed by atoms with E-state index in [2.05, 4.69) is 16.7 Å². The zero-order chi connectivity index (χ0) is 15.1. The van der Waals surface area contributed by atoms with Crippen molar-refractivity contribution in [3.63, 3.8) is 0 Å². The third kappa shape index (κ3) is 5.02. The Morgan fingerprint density at radius 1 is 1.14 bits per heavy atom. The quantitative estimate of drug-likeness (QED) is 0.852. The normalized spacial score (nSPS) is 18.0. The van der Waals surface area contributed by atoms with Gasteiger partial charge in [0.1, 0.15) is 0 Å². The molecule has 0 heterocycles. The molecule has 0 radical (unpaired) electrons. The Bertz CT molecular complexity index is 485. The van der Waals surface area contributed by atoms with E-state index in [9.17, 15) is 5.11 Å². The molecular weight excluding hydrogens is 294 g/mol. The molecule has 0 spiro atoms. The summed E-state index contributed by atoms with van der Waals surface area (Å²) < 4.78 is 0. The van der Waals surface area contributed by atoms with Gasteiger partial charge in [0.15, 0.2) is 5.60 Å². The smallest absolute Gasteiger partial charge is 0.153 e. The van der Waals surface area contributed by atoms with E-state index < -0.39 is 5.60 Å². The Labute approximate surface area is 141 Å². The maximum absolute atomic E-state index is 11.3. The van der Waals surface area contributed by atoms with Crippen molar-refractivity contribution < 1.29 is 5.11 Å². The lowest BCUT2D eigenvalue weighted by atomic mass is 9.73. The summed E-state index contributed by atoms with van der Waals surface area (Å²) in [5.41, 5.74) is -0.0252. The van der Waals surface area contributed by atoms with Gasteiger partial charge in [-0.15, -0.1) is 12.4 Å². The summed E-state index contributed by atoms with van der Waals surface area (Å²) in [5.74, 6) is 6.69. The Hall–Kier alpha value is -1.01. The number of halogens is 1. The van der Waals surface area contributed by atoms with Crippen molar-refractivity contribution in [3.05, 3.63) is 35.9 Å². The second-order valence-corrected chi connectivity index (χ2v) is 6.32. The lowest BCUT2D eigenvalue weighted by Crippen LogP contribution is -2.35. The molecule has 0 bridgehead atoms. The van der Waals surface area contributed by atoms with Crippen LogP contribution in [0.5, 0.6) is 0 Å². The fraction of sp³-hybridized carbons (Fsp3) is 0.579. The summed E-state index contributed by atoms with van der Waals surface area (Å²) >= 11 is 0. The SMILES string of the molecule is CN(C)CCC#CC(O)(c1ccccc1)C1CCCCC1.Cl. The highest BCUT2D eigenvalue weighted by Crippen LogP contribution is 2.38. The van der Waals surface area contributed by atoms with Gasteiger partial charge in [-0.1, -0.05) is 61.4 Å². The van der Waals surface area contributed by atoms with Crippen molar-refractivity contribution in [2.24, 2.45) is 5.92 Å². The number of hydrogen-bond acceptors (Lipinski definition) is 2. The average Bonchev–Trinajstić information content (AvgIpc) is 2.53. The first-order valence-corrected chi connectivity index (χ1v) is 8.05. The number of aliphatic hydroxyl groups is 1. The molecule has 1 atom stereocenters. The third-order valence-electron chi connectivity index (χ3n) is 4.37. The van der Waals surface area contributed by atoms with Crippen LogP contribution in [0.25, 0.3) is 0 Å². The first-order valence-electron chi connectivity index (χ1n) is 8.05. The maximum atomic E-state index is 11.3. The van der Waals surface area contributed by atoms with Crippen molar-refractivity contribution in [3.8, 4) is 11.8 Å². The second-order valence-electron chi connectivity index (χ2n) is 6.32. The molecule has 1 unspecified atom stereocenters. The standard InChI is InChI=1S/C19H27NO.ClH/c1-20(2)16-10-9-15-19(21,17-11-5-3-6-12-17)18-13-7-4-8-14-18;/h3,5-6,11-12,18,21H,4,7-8,10,13-14,16H2,1-2H3;1H. The predicted octanol–water partition coefficient (Wildman–Crippen LogP) is 3.83. The van der Waals surface area contributed by atoms with Gasteiger partial charge in [-0.2, -0.15) is 0 Å². The van der Waals surface area contributed by atoms with Crippen LogP contribution in [0.15, 0.2) is 30.3 Å². The van der Waals surface area contributed by atoms with E-state index >= 15 is 0 Å². The molecule has 0 amide bonds. The summed E-state index contributed by atoms with van der Waals surface area (Å²) in [5, 5.41) is 11.3. The van der Waals surface area contributed by atoms with E-state index in [-0.39, 0.29) is 18.3 Å². The van der Waals surface area contributed by atoms with Crippen LogP contribution < -0.4 is 0 Å². The van der Waals surface area contributed by atoms with Gasteiger partial charge >= 0.3 is 0 Å². The molecule has 1 aromatic rings. The van der Waals surface area contributed by atoms with Crippen LogP contribution in [0.3, 0.4) is 0 Å². The topological polar surface area (TPSA) is 23.5 Å². The van der Waals surface area contributed by atoms with Crippen molar-refractivity contribution in [2.75, 3.05) is 20.6 Å². The van der Waals surface area contributed by atoms with Crippen molar-refractivity contribution in [1.29, 1.82) is 0 Å². The molecule has 1 aromatic carbocycles. The number of rotatable bonds is 4. The first-order chi connectivity index (χ1) is 10.1. The lowest BCUT2D eigenvalue weighted by molar-refractivity contribution is 0.0159. The van der Waals surface area contributed by atoms with Crippen molar-refractivity contribution >= 4 is 12.4 Å². The van der Waals surface area contributed by atoms with Crippen LogP contribution in [0.1, 0.15) is 44.1 Å². The van der Waals surface area contributed by atoms with Gasteiger partial charge in [0.25, 0.3) is 0 Å². The monoisotopic (exact) mass is 321 g/mol. The van der Waals surface area contributed by atoms with E-state index in [0.717, 1.165) is 31.4 Å². The molecule has 1 fully saturated rings. The molecule has 0 aliphatic heterocycles. The summed E-state index contributed by atoms with van der Waals surface area (Å²) in [6.45, 7) is 0.933. The Balaban J connectivity index is 0.00000242. The van der Waals surface area contributed by atoms with Crippen LogP contribution in [0, 0.1) is 17.8 Å². The highest BCUT2D eigenvalue weighted by atomic mass is 35.5. The van der Waals surface area contributed by atoms with Gasteiger partial charge in [0, 0.05) is 18.9 Å². The minimum Gasteiger partial charge on any atom is -0.373 e. The largest absolute Gasteiger partial charge is 0.373 e. The molecule has 22 heavy (non-hydrogen) atoms. The van der Waals surface area contributed by atoms with Gasteiger partial charge in [0.2, 0.25) is 0 Å². The minimum atomic E-state index is -0.978. The molecule has 0 aromatic heterocycles. The van der Waals surface area contributed by atoms with E-state index in [4.69, 9.17) is 0 Å². The van der Waals surface area contributed by atoms with E-state index in [0.29, 0.717) is 0 Å². The lowest BCUT2D eigenvalue weighted by Gasteiger charge is -2.35. The molecule has 1 aliphatic carbocycles. The number of hydrogen-bond donors (Lipinski definition) is 1. The molecule has 122 valence electrons. The van der Waals surface area contributed by atoms with Crippen LogP contribution in [-0.4, -0.2) is 30.6 Å². The molecular formula is C19H28ClNO. The highest BCUT2D eigenvalue weighted by molar-refractivity contribution is 5.85. The molecule has 1 aliphatic rings. The summed E-state index contributed by atoms with van der Waals surface area (Å²) in [6, 6.07) is 9.99. The number of nitrogens with zero attached hydrogens (tertiary/aromatic N) is 1. The summed E-state index contributed by atoms with van der Waals surface area (Å²) in [6.07, 6.45) is 6.66.